The number of carboxylic acid groups (broad SMARTS) is 1. The van der Waals surface area contributed by atoms with Crippen molar-refractivity contribution in [1.82, 2.24) is 0 Å². The SMILES string of the molecule is CC/C=C\CC/C=C/C=C\C/C=C\C=C\[C@@H](O)CCCC(=O)O. The number of unbranched alkanes of at least 4 members (excludes halogenated alkanes) is 1. The largest absolute Gasteiger partial charge is 0.481 e. The number of carbonyl (C=O) groups is 1. The molecule has 0 aliphatic rings. The molecular formula is C20H30O3. The molecule has 0 aromatic rings. The Morgan fingerprint density at radius 2 is 1.61 bits per heavy atom. The molecule has 0 radical (unpaired) electrons. The number of aliphatic hydroxyl groups is 1. The highest BCUT2D eigenvalue weighted by molar-refractivity contribution is 5.66. The van der Waals surface area contributed by atoms with Gasteiger partial charge in [0.05, 0.1) is 6.10 Å². The van der Waals surface area contributed by atoms with Gasteiger partial charge in [0, 0.05) is 6.42 Å². The summed E-state index contributed by atoms with van der Waals surface area (Å²) in [6.07, 6.45) is 24.7. The molecule has 3 nitrogen and oxygen atoms in total. The van der Waals surface area contributed by atoms with Crippen molar-refractivity contribution in [2.75, 3.05) is 0 Å². The highest BCUT2D eigenvalue weighted by atomic mass is 16.4. The zero-order valence-electron chi connectivity index (χ0n) is 14.1. The minimum absolute atomic E-state index is 0.105. The molecule has 0 fully saturated rings. The van der Waals surface area contributed by atoms with Gasteiger partial charge in [-0.25, -0.2) is 0 Å². The number of carboxylic acids is 1. The van der Waals surface area contributed by atoms with Gasteiger partial charge in [0.1, 0.15) is 0 Å². The molecule has 0 saturated heterocycles. The molecule has 0 saturated carbocycles. The topological polar surface area (TPSA) is 57.5 Å². The van der Waals surface area contributed by atoms with E-state index in [-0.39, 0.29) is 6.42 Å². The predicted octanol–water partition coefficient (Wildman–Crippen LogP) is 4.96. The van der Waals surface area contributed by atoms with Crippen molar-refractivity contribution in [3.63, 3.8) is 0 Å². The van der Waals surface area contributed by atoms with Gasteiger partial charge >= 0.3 is 5.97 Å². The van der Waals surface area contributed by atoms with Crippen molar-refractivity contribution in [2.24, 2.45) is 0 Å². The minimum atomic E-state index is -0.820. The summed E-state index contributed by atoms with van der Waals surface area (Å²) in [4.78, 5) is 10.3. The standard InChI is InChI=1S/C20H30O3/c1-2-3-4-5-6-7-8-9-10-11-12-13-14-16-19(21)17-15-18-20(22)23/h3-4,7-10,12-14,16,19,21H,2,5-6,11,15,17-18H2,1H3,(H,22,23)/b4-3-,8-7+,10-9-,13-12-,16-14+/t19-/m1/s1. The van der Waals surface area contributed by atoms with E-state index < -0.39 is 12.1 Å². The van der Waals surface area contributed by atoms with Crippen LogP contribution >= 0.6 is 0 Å². The number of allylic oxidation sites excluding steroid dienone is 9. The van der Waals surface area contributed by atoms with Gasteiger partial charge in [0.2, 0.25) is 0 Å². The van der Waals surface area contributed by atoms with E-state index in [0.29, 0.717) is 12.8 Å². The first-order valence-electron chi connectivity index (χ1n) is 8.36. The van der Waals surface area contributed by atoms with Crippen molar-refractivity contribution in [1.29, 1.82) is 0 Å². The van der Waals surface area contributed by atoms with Crippen LogP contribution in [-0.2, 0) is 4.79 Å². The third-order valence-corrected chi connectivity index (χ3v) is 3.03. The molecule has 23 heavy (non-hydrogen) atoms. The minimum Gasteiger partial charge on any atom is -0.481 e. The summed E-state index contributed by atoms with van der Waals surface area (Å²) in [7, 11) is 0. The summed E-state index contributed by atoms with van der Waals surface area (Å²) < 4.78 is 0. The lowest BCUT2D eigenvalue weighted by Crippen LogP contribution is -2.03. The molecule has 0 aliphatic heterocycles. The first-order chi connectivity index (χ1) is 11.2. The van der Waals surface area contributed by atoms with Crippen LogP contribution in [0.2, 0.25) is 0 Å². The van der Waals surface area contributed by atoms with Gasteiger partial charge in [-0.15, -0.1) is 0 Å². The third kappa shape index (κ3) is 18.1. The van der Waals surface area contributed by atoms with Crippen LogP contribution in [-0.4, -0.2) is 22.3 Å². The Balaban J connectivity index is 3.66. The van der Waals surface area contributed by atoms with Crippen LogP contribution in [0.25, 0.3) is 0 Å². The van der Waals surface area contributed by atoms with Crippen LogP contribution in [0, 0.1) is 0 Å². The molecule has 3 heteroatoms. The van der Waals surface area contributed by atoms with Gasteiger partial charge in [-0.05, 0) is 38.5 Å². The average molecular weight is 318 g/mol. The van der Waals surface area contributed by atoms with Crippen LogP contribution in [0.15, 0.2) is 60.8 Å². The summed E-state index contributed by atoms with van der Waals surface area (Å²) in [5.41, 5.74) is 0. The lowest BCUT2D eigenvalue weighted by molar-refractivity contribution is -0.137. The Labute approximate surface area is 140 Å². The monoisotopic (exact) mass is 318 g/mol. The molecule has 0 aromatic carbocycles. The van der Waals surface area contributed by atoms with E-state index in [0.717, 1.165) is 25.7 Å². The summed E-state index contributed by atoms with van der Waals surface area (Å²) in [5.74, 6) is -0.820. The summed E-state index contributed by atoms with van der Waals surface area (Å²) in [6, 6.07) is 0. The Morgan fingerprint density at radius 1 is 0.957 bits per heavy atom. The highest BCUT2D eigenvalue weighted by Crippen LogP contribution is 2.02. The van der Waals surface area contributed by atoms with Gasteiger partial charge in [0.25, 0.3) is 0 Å². The van der Waals surface area contributed by atoms with Crippen LogP contribution in [0.4, 0.5) is 0 Å². The van der Waals surface area contributed by atoms with E-state index in [1.165, 1.54) is 0 Å². The first kappa shape index (κ1) is 21.1. The molecule has 0 amide bonds. The molecule has 0 bridgehead atoms. The van der Waals surface area contributed by atoms with Crippen molar-refractivity contribution >= 4 is 5.97 Å². The molecule has 2 N–H and O–H groups in total. The van der Waals surface area contributed by atoms with Gasteiger partial charge < -0.3 is 10.2 Å². The van der Waals surface area contributed by atoms with Crippen LogP contribution in [0.5, 0.6) is 0 Å². The smallest absolute Gasteiger partial charge is 0.303 e. The quantitative estimate of drug-likeness (QED) is 0.286. The predicted molar refractivity (Wildman–Crippen MR) is 97.3 cm³/mol. The first-order valence-corrected chi connectivity index (χ1v) is 8.36. The van der Waals surface area contributed by atoms with E-state index in [2.05, 4.69) is 37.3 Å². The normalized spacial score (nSPS) is 14.2. The molecule has 0 unspecified atom stereocenters. The lowest BCUT2D eigenvalue weighted by Gasteiger charge is -2.02. The van der Waals surface area contributed by atoms with E-state index in [4.69, 9.17) is 5.11 Å². The number of rotatable bonds is 13. The van der Waals surface area contributed by atoms with E-state index >= 15 is 0 Å². The Kier molecular flexibility index (Phi) is 15.2. The lowest BCUT2D eigenvalue weighted by atomic mass is 10.1. The molecule has 1 atom stereocenters. The van der Waals surface area contributed by atoms with Crippen molar-refractivity contribution in [3.05, 3.63) is 60.8 Å². The Hall–Kier alpha value is -1.87. The van der Waals surface area contributed by atoms with Crippen LogP contribution < -0.4 is 0 Å². The molecule has 0 rings (SSSR count). The van der Waals surface area contributed by atoms with Gasteiger partial charge in [-0.1, -0.05) is 67.7 Å². The van der Waals surface area contributed by atoms with E-state index in [1.807, 2.05) is 18.2 Å². The molecular weight excluding hydrogens is 288 g/mol. The van der Waals surface area contributed by atoms with Crippen LogP contribution in [0.1, 0.15) is 51.9 Å². The van der Waals surface area contributed by atoms with Crippen molar-refractivity contribution < 1.29 is 15.0 Å². The van der Waals surface area contributed by atoms with Crippen molar-refractivity contribution in [2.45, 2.75) is 58.0 Å². The fourth-order valence-electron chi connectivity index (χ4n) is 1.80. The second kappa shape index (κ2) is 16.5. The van der Waals surface area contributed by atoms with Crippen LogP contribution in [0.3, 0.4) is 0 Å². The zero-order valence-corrected chi connectivity index (χ0v) is 14.1. The second-order valence-corrected chi connectivity index (χ2v) is 5.22. The zero-order chi connectivity index (χ0) is 17.2. The summed E-state index contributed by atoms with van der Waals surface area (Å²) in [6.45, 7) is 2.14. The summed E-state index contributed by atoms with van der Waals surface area (Å²) >= 11 is 0. The summed E-state index contributed by atoms with van der Waals surface area (Å²) in [5, 5.41) is 18.1. The number of aliphatic hydroxyl groups excluding tert-OH is 1. The molecule has 128 valence electrons. The van der Waals surface area contributed by atoms with E-state index in [9.17, 15) is 9.90 Å². The fourth-order valence-corrected chi connectivity index (χ4v) is 1.80. The Morgan fingerprint density at radius 3 is 2.30 bits per heavy atom. The molecule has 0 spiro atoms. The van der Waals surface area contributed by atoms with Gasteiger partial charge in [0.15, 0.2) is 0 Å². The maximum absolute atomic E-state index is 10.3. The second-order valence-electron chi connectivity index (χ2n) is 5.22. The molecule has 0 aromatic heterocycles. The Bertz CT molecular complexity index is 428. The number of hydrogen-bond acceptors (Lipinski definition) is 2. The van der Waals surface area contributed by atoms with Gasteiger partial charge in [-0.2, -0.15) is 0 Å². The maximum atomic E-state index is 10.3. The maximum Gasteiger partial charge on any atom is 0.303 e. The van der Waals surface area contributed by atoms with Gasteiger partial charge in [-0.3, -0.25) is 4.79 Å². The average Bonchev–Trinajstić information content (AvgIpc) is 2.51. The fraction of sp³-hybridized carbons (Fsp3) is 0.450. The number of aliphatic carboxylic acids is 1. The van der Waals surface area contributed by atoms with Crippen molar-refractivity contribution in [3.8, 4) is 0 Å². The highest BCUT2D eigenvalue weighted by Gasteiger charge is 2.01. The molecule has 0 aliphatic carbocycles. The van der Waals surface area contributed by atoms with E-state index in [1.54, 1.807) is 12.2 Å². The molecule has 0 heterocycles. The number of hydrogen-bond donors (Lipinski definition) is 2. The third-order valence-electron chi connectivity index (χ3n) is 3.03.